The molecule has 0 aliphatic carbocycles. The number of aryl methyl sites for hydroxylation is 3. The molecule has 0 N–H and O–H groups in total. The molecule has 4 rings (SSSR count). The molecule has 7 heteroatoms. The molecule has 0 unspecified atom stereocenters. The lowest BCUT2D eigenvalue weighted by Crippen LogP contribution is -2.39. The lowest BCUT2D eigenvalue weighted by Gasteiger charge is -2.06. The third kappa shape index (κ3) is 2.46. The highest BCUT2D eigenvalue weighted by Gasteiger charge is 2.20. The topological polar surface area (TPSA) is 66.2 Å². The average molecular weight is 363 g/mol. The summed E-state index contributed by atoms with van der Waals surface area (Å²) in [6.45, 7) is 4.14. The van der Waals surface area contributed by atoms with Crippen molar-refractivity contribution in [2.45, 2.75) is 20.4 Å². The number of allylic oxidation sites excluding steroid dienone is 1. The molecule has 0 bridgehead atoms. The maximum atomic E-state index is 13.1. The van der Waals surface area contributed by atoms with Gasteiger partial charge in [0.15, 0.2) is 11.2 Å². The van der Waals surface area contributed by atoms with Crippen molar-refractivity contribution >= 4 is 23.0 Å². The molecule has 0 aliphatic rings. The zero-order valence-electron chi connectivity index (χ0n) is 15.8. The molecule has 27 heavy (non-hydrogen) atoms. The lowest BCUT2D eigenvalue weighted by molar-refractivity contribution is 0.667. The van der Waals surface area contributed by atoms with Gasteiger partial charge in [-0.25, -0.2) is 4.79 Å². The third-order valence-corrected chi connectivity index (χ3v) is 5.18. The third-order valence-electron chi connectivity index (χ3n) is 5.18. The maximum Gasteiger partial charge on any atom is 0.332 e. The highest BCUT2D eigenvalue weighted by atomic mass is 16.2. The Hall–Kier alpha value is -3.35. The summed E-state index contributed by atoms with van der Waals surface area (Å²) in [5.74, 6) is 0.657. The van der Waals surface area contributed by atoms with Gasteiger partial charge in [-0.15, -0.1) is 0 Å². The number of hydrogen-bond donors (Lipinski definition) is 0. The van der Waals surface area contributed by atoms with Crippen LogP contribution in [0.2, 0.25) is 0 Å². The second-order valence-corrected chi connectivity index (χ2v) is 6.72. The van der Waals surface area contributed by atoms with Crippen molar-refractivity contribution in [2.75, 3.05) is 0 Å². The number of nitrogens with zero attached hydrogens (tertiary/aromatic N) is 5. The van der Waals surface area contributed by atoms with E-state index in [0.29, 0.717) is 16.9 Å². The van der Waals surface area contributed by atoms with Gasteiger partial charge in [-0.05, 0) is 19.4 Å². The second-order valence-electron chi connectivity index (χ2n) is 6.72. The van der Waals surface area contributed by atoms with Crippen molar-refractivity contribution in [1.29, 1.82) is 0 Å². The van der Waals surface area contributed by atoms with Crippen LogP contribution in [0.3, 0.4) is 0 Å². The first kappa shape index (κ1) is 17.1. The smallest absolute Gasteiger partial charge is 0.317 e. The first-order valence-electron chi connectivity index (χ1n) is 8.77. The standard InChI is InChI=1S/C20H21N5O2/c1-13-14(2)25-16-17(21-19(25)22(13)3)23(4)20(27)24(18(16)26)12-8-11-15-9-6-5-7-10-15/h5-11H,12H2,1-4H3. The van der Waals surface area contributed by atoms with Crippen molar-refractivity contribution in [2.24, 2.45) is 14.1 Å². The molecular formula is C20H21N5O2. The minimum Gasteiger partial charge on any atom is -0.317 e. The molecule has 3 heterocycles. The fourth-order valence-electron chi connectivity index (χ4n) is 3.43. The van der Waals surface area contributed by atoms with Gasteiger partial charge in [0, 0.05) is 32.0 Å². The van der Waals surface area contributed by atoms with E-state index < -0.39 is 0 Å². The summed E-state index contributed by atoms with van der Waals surface area (Å²) >= 11 is 0. The number of hydrogen-bond acceptors (Lipinski definition) is 3. The normalized spacial score (nSPS) is 12.0. The number of aromatic nitrogens is 5. The zero-order valence-corrected chi connectivity index (χ0v) is 15.8. The molecule has 138 valence electrons. The molecule has 4 aromatic rings. The van der Waals surface area contributed by atoms with Crippen LogP contribution in [0.15, 0.2) is 46.0 Å². The van der Waals surface area contributed by atoms with Crippen molar-refractivity contribution in [3.05, 3.63) is 74.2 Å². The molecule has 7 nitrogen and oxygen atoms in total. The van der Waals surface area contributed by atoms with Crippen LogP contribution in [-0.4, -0.2) is 23.1 Å². The van der Waals surface area contributed by atoms with Gasteiger partial charge in [0.1, 0.15) is 0 Å². The van der Waals surface area contributed by atoms with Gasteiger partial charge in [-0.3, -0.25) is 18.3 Å². The molecule has 0 saturated carbocycles. The molecule has 0 fully saturated rings. The molecule has 0 saturated heterocycles. The van der Waals surface area contributed by atoms with Crippen molar-refractivity contribution in [3.63, 3.8) is 0 Å². The Bertz CT molecular complexity index is 1320. The summed E-state index contributed by atoms with van der Waals surface area (Å²) in [6, 6.07) is 9.77. The van der Waals surface area contributed by atoms with Gasteiger partial charge in [0.25, 0.3) is 5.56 Å². The summed E-state index contributed by atoms with van der Waals surface area (Å²) in [5.41, 5.74) is 3.13. The van der Waals surface area contributed by atoms with Crippen LogP contribution in [-0.2, 0) is 20.6 Å². The van der Waals surface area contributed by atoms with E-state index in [4.69, 9.17) is 0 Å². The number of imidazole rings is 2. The second kappa shape index (κ2) is 6.12. The maximum absolute atomic E-state index is 13.1. The van der Waals surface area contributed by atoms with Crippen LogP contribution >= 0.6 is 0 Å². The van der Waals surface area contributed by atoms with Crippen LogP contribution in [0.1, 0.15) is 17.0 Å². The lowest BCUT2D eigenvalue weighted by atomic mass is 10.2. The zero-order chi connectivity index (χ0) is 19.3. The Morgan fingerprint density at radius 2 is 1.70 bits per heavy atom. The van der Waals surface area contributed by atoms with Crippen LogP contribution in [0, 0.1) is 13.8 Å². The van der Waals surface area contributed by atoms with Gasteiger partial charge in [-0.1, -0.05) is 42.5 Å². The van der Waals surface area contributed by atoms with E-state index in [1.54, 1.807) is 7.05 Å². The summed E-state index contributed by atoms with van der Waals surface area (Å²) in [5, 5.41) is 0. The van der Waals surface area contributed by atoms with E-state index in [1.165, 1.54) is 9.13 Å². The molecule has 0 spiro atoms. The van der Waals surface area contributed by atoms with Crippen molar-refractivity contribution < 1.29 is 0 Å². The van der Waals surface area contributed by atoms with E-state index in [9.17, 15) is 9.59 Å². The fraction of sp³-hybridized carbons (Fsp3) is 0.250. The van der Waals surface area contributed by atoms with Crippen molar-refractivity contribution in [1.82, 2.24) is 23.1 Å². The Morgan fingerprint density at radius 1 is 1.00 bits per heavy atom. The highest BCUT2D eigenvalue weighted by molar-refractivity contribution is 5.76. The summed E-state index contributed by atoms with van der Waals surface area (Å²) in [7, 11) is 3.55. The first-order chi connectivity index (χ1) is 12.9. The van der Waals surface area contributed by atoms with Gasteiger partial charge in [-0.2, -0.15) is 4.98 Å². The Morgan fingerprint density at radius 3 is 2.41 bits per heavy atom. The minimum atomic E-state index is -0.372. The largest absolute Gasteiger partial charge is 0.332 e. The number of rotatable bonds is 3. The number of benzene rings is 1. The SMILES string of the molecule is Cc1c(C)n2c3c(=O)n(CC=Cc4ccccc4)c(=O)n(C)c3nc2n1C. The molecular weight excluding hydrogens is 342 g/mol. The molecule has 0 radical (unpaired) electrons. The van der Waals surface area contributed by atoms with E-state index in [2.05, 4.69) is 4.98 Å². The van der Waals surface area contributed by atoms with E-state index >= 15 is 0 Å². The van der Waals surface area contributed by atoms with Crippen LogP contribution < -0.4 is 11.2 Å². The summed E-state index contributed by atoms with van der Waals surface area (Å²) in [6.07, 6.45) is 3.73. The highest BCUT2D eigenvalue weighted by Crippen LogP contribution is 2.19. The quantitative estimate of drug-likeness (QED) is 0.559. The van der Waals surface area contributed by atoms with Crippen LogP contribution in [0.4, 0.5) is 0 Å². The molecule has 3 aromatic heterocycles. The van der Waals surface area contributed by atoms with Gasteiger partial charge in [0.2, 0.25) is 5.78 Å². The Labute approximate surface area is 155 Å². The molecule has 1 aromatic carbocycles. The number of fused-ring (bicyclic) bond motifs is 3. The predicted octanol–water partition coefficient (Wildman–Crippen LogP) is 2.02. The Kier molecular flexibility index (Phi) is 3.87. The van der Waals surface area contributed by atoms with E-state index in [1.807, 2.05) is 72.3 Å². The predicted molar refractivity (Wildman–Crippen MR) is 106 cm³/mol. The molecule has 0 atom stereocenters. The van der Waals surface area contributed by atoms with Crippen molar-refractivity contribution in [3.8, 4) is 0 Å². The molecule has 0 aliphatic heterocycles. The van der Waals surface area contributed by atoms with E-state index in [0.717, 1.165) is 17.0 Å². The molecule has 0 amide bonds. The van der Waals surface area contributed by atoms with E-state index in [-0.39, 0.29) is 17.8 Å². The summed E-state index contributed by atoms with van der Waals surface area (Å²) in [4.78, 5) is 30.4. The van der Waals surface area contributed by atoms with Crippen LogP contribution in [0.5, 0.6) is 0 Å². The minimum absolute atomic E-state index is 0.203. The fourth-order valence-corrected chi connectivity index (χ4v) is 3.43. The van der Waals surface area contributed by atoms with Gasteiger partial charge in [0.05, 0.1) is 0 Å². The monoisotopic (exact) mass is 363 g/mol. The Balaban J connectivity index is 1.92. The van der Waals surface area contributed by atoms with Crippen LogP contribution in [0.25, 0.3) is 23.0 Å². The van der Waals surface area contributed by atoms with Gasteiger partial charge < -0.3 is 4.57 Å². The first-order valence-corrected chi connectivity index (χ1v) is 8.77. The van der Waals surface area contributed by atoms with Gasteiger partial charge >= 0.3 is 5.69 Å². The summed E-state index contributed by atoms with van der Waals surface area (Å²) < 4.78 is 6.45. The average Bonchev–Trinajstić information content (AvgIpc) is 3.16.